The minimum Gasteiger partial charge on any atom is -0.297 e. The molecule has 104 valence electrons. The molecule has 0 bridgehead atoms. The second-order valence-corrected chi connectivity index (χ2v) is 6.83. The van der Waals surface area contributed by atoms with Crippen LogP contribution in [-0.4, -0.2) is 33.3 Å². The lowest BCUT2D eigenvalue weighted by atomic mass is 10.00. The summed E-state index contributed by atoms with van der Waals surface area (Å²) in [7, 11) is 0. The fourth-order valence-electron chi connectivity index (χ4n) is 3.95. The third-order valence-corrected chi connectivity index (χ3v) is 5.69. The topological polar surface area (TPSA) is 21.1 Å². The minimum atomic E-state index is 0.573. The molecule has 1 aromatic rings. The Morgan fingerprint density at radius 3 is 2.47 bits per heavy atom. The van der Waals surface area contributed by atoms with Gasteiger partial charge in [0.15, 0.2) is 0 Å². The number of nitrogens with zero attached hydrogens (tertiary/aromatic N) is 3. The number of aromatic nitrogens is 2. The van der Waals surface area contributed by atoms with Gasteiger partial charge in [-0.05, 0) is 44.4 Å². The molecule has 0 spiro atoms. The summed E-state index contributed by atoms with van der Waals surface area (Å²) in [5, 5.41) is 4.47. The van der Waals surface area contributed by atoms with E-state index in [1.54, 1.807) is 0 Å². The largest absolute Gasteiger partial charge is 0.297 e. The lowest BCUT2D eigenvalue weighted by Gasteiger charge is -2.38. The highest BCUT2D eigenvalue weighted by Gasteiger charge is 2.57. The Morgan fingerprint density at radius 2 is 1.95 bits per heavy atom. The van der Waals surface area contributed by atoms with Crippen LogP contribution in [0.1, 0.15) is 50.1 Å². The van der Waals surface area contributed by atoms with Crippen molar-refractivity contribution < 1.29 is 0 Å². The molecule has 2 saturated carbocycles. The van der Waals surface area contributed by atoms with E-state index in [1.165, 1.54) is 51.6 Å². The van der Waals surface area contributed by atoms with Crippen LogP contribution in [0.3, 0.4) is 0 Å². The molecule has 0 atom stereocenters. The van der Waals surface area contributed by atoms with Gasteiger partial charge in [0.1, 0.15) is 0 Å². The van der Waals surface area contributed by atoms with Gasteiger partial charge in [-0.3, -0.25) is 9.58 Å². The Kier molecular flexibility index (Phi) is 2.89. The van der Waals surface area contributed by atoms with E-state index in [0.29, 0.717) is 17.5 Å². The molecule has 0 amide bonds. The van der Waals surface area contributed by atoms with E-state index in [4.69, 9.17) is 11.6 Å². The minimum absolute atomic E-state index is 0.573. The second-order valence-electron chi connectivity index (χ2n) is 6.56. The van der Waals surface area contributed by atoms with Crippen LogP contribution in [0.15, 0.2) is 12.4 Å². The summed E-state index contributed by atoms with van der Waals surface area (Å²) in [5.41, 5.74) is 1.79. The summed E-state index contributed by atoms with van der Waals surface area (Å²) in [6, 6.07) is 0.586. The summed E-state index contributed by atoms with van der Waals surface area (Å²) in [6.07, 6.45) is 12.4. The van der Waals surface area contributed by atoms with E-state index in [0.717, 1.165) is 11.5 Å². The van der Waals surface area contributed by atoms with Gasteiger partial charge in [0, 0.05) is 30.4 Å². The van der Waals surface area contributed by atoms with Crippen LogP contribution in [0.5, 0.6) is 0 Å². The molecule has 3 fully saturated rings. The van der Waals surface area contributed by atoms with Crippen molar-refractivity contribution in [1.29, 1.82) is 0 Å². The normalized spacial score (nSPS) is 27.6. The average molecular weight is 280 g/mol. The molecule has 4 heteroatoms. The maximum Gasteiger partial charge on any atom is 0.0543 e. The quantitative estimate of drug-likeness (QED) is 0.789. The third-order valence-electron chi connectivity index (χ3n) is 5.38. The second kappa shape index (κ2) is 4.49. The summed E-state index contributed by atoms with van der Waals surface area (Å²) >= 11 is 5.85. The molecule has 2 heterocycles. The van der Waals surface area contributed by atoms with Crippen molar-refractivity contribution in [3.05, 3.63) is 18.0 Å². The standard InChI is InChI=1S/C15H22ClN3/c16-9-12-10-17-19(11-12)14-3-7-18(8-4-14)15(5-6-15)13-1-2-13/h10-11,13-14H,1-9H2. The highest BCUT2D eigenvalue weighted by molar-refractivity contribution is 6.17. The van der Waals surface area contributed by atoms with Gasteiger partial charge in [0.2, 0.25) is 0 Å². The molecule has 1 saturated heterocycles. The molecule has 0 radical (unpaired) electrons. The van der Waals surface area contributed by atoms with Crippen molar-refractivity contribution in [1.82, 2.24) is 14.7 Å². The molecule has 2 aliphatic carbocycles. The highest BCUT2D eigenvalue weighted by Crippen LogP contribution is 2.58. The molecular formula is C15H22ClN3. The van der Waals surface area contributed by atoms with Crippen molar-refractivity contribution in [3.63, 3.8) is 0 Å². The van der Waals surface area contributed by atoms with Crippen molar-refractivity contribution in [2.45, 2.75) is 56.0 Å². The first-order valence-electron chi connectivity index (χ1n) is 7.66. The van der Waals surface area contributed by atoms with E-state index in [-0.39, 0.29) is 0 Å². The maximum atomic E-state index is 5.85. The van der Waals surface area contributed by atoms with Gasteiger partial charge >= 0.3 is 0 Å². The molecule has 0 N–H and O–H groups in total. The number of likely N-dealkylation sites (tertiary alicyclic amines) is 1. The molecule has 1 aliphatic heterocycles. The van der Waals surface area contributed by atoms with Gasteiger partial charge in [-0.15, -0.1) is 11.6 Å². The van der Waals surface area contributed by atoms with Crippen LogP contribution >= 0.6 is 11.6 Å². The molecule has 3 nitrogen and oxygen atoms in total. The van der Waals surface area contributed by atoms with Crippen molar-refractivity contribution in [3.8, 4) is 0 Å². The van der Waals surface area contributed by atoms with Crippen LogP contribution in [0.4, 0.5) is 0 Å². The number of halogens is 1. The molecule has 0 aromatic carbocycles. The SMILES string of the molecule is ClCc1cnn(C2CCN(C3(C4CC4)CC3)CC2)c1. The predicted molar refractivity (Wildman–Crippen MR) is 76.3 cm³/mol. The Balaban J connectivity index is 1.39. The summed E-state index contributed by atoms with van der Waals surface area (Å²) in [6.45, 7) is 2.52. The maximum absolute atomic E-state index is 5.85. The first-order chi connectivity index (χ1) is 9.32. The monoisotopic (exact) mass is 279 g/mol. The van der Waals surface area contributed by atoms with E-state index in [2.05, 4.69) is 20.9 Å². The lowest BCUT2D eigenvalue weighted by Crippen LogP contribution is -2.44. The smallest absolute Gasteiger partial charge is 0.0543 e. The number of piperidine rings is 1. The Bertz CT molecular complexity index is 454. The summed E-state index contributed by atoms with van der Waals surface area (Å²) < 4.78 is 2.14. The number of rotatable bonds is 4. The fourth-order valence-corrected chi connectivity index (χ4v) is 4.09. The summed E-state index contributed by atoms with van der Waals surface area (Å²) in [4.78, 5) is 2.80. The zero-order chi connectivity index (χ0) is 12.9. The van der Waals surface area contributed by atoms with Gasteiger partial charge in [0.25, 0.3) is 0 Å². The van der Waals surface area contributed by atoms with Crippen molar-refractivity contribution in [2.75, 3.05) is 13.1 Å². The van der Waals surface area contributed by atoms with Gasteiger partial charge in [-0.1, -0.05) is 0 Å². The predicted octanol–water partition coefficient (Wildman–Crippen LogP) is 3.20. The number of hydrogen-bond donors (Lipinski definition) is 0. The van der Waals surface area contributed by atoms with Gasteiger partial charge in [0.05, 0.1) is 18.1 Å². The van der Waals surface area contributed by atoms with Crippen LogP contribution in [0.25, 0.3) is 0 Å². The molecule has 4 rings (SSSR count). The first kappa shape index (κ1) is 12.2. The van der Waals surface area contributed by atoms with Gasteiger partial charge in [-0.2, -0.15) is 5.10 Å². The molecule has 1 aromatic heterocycles. The zero-order valence-electron chi connectivity index (χ0n) is 11.4. The molecule has 19 heavy (non-hydrogen) atoms. The van der Waals surface area contributed by atoms with Crippen LogP contribution in [-0.2, 0) is 5.88 Å². The van der Waals surface area contributed by atoms with Crippen molar-refractivity contribution in [2.24, 2.45) is 5.92 Å². The highest BCUT2D eigenvalue weighted by atomic mass is 35.5. The number of hydrogen-bond acceptors (Lipinski definition) is 2. The first-order valence-corrected chi connectivity index (χ1v) is 8.19. The van der Waals surface area contributed by atoms with E-state index in [1.807, 2.05) is 6.20 Å². The lowest BCUT2D eigenvalue weighted by molar-refractivity contribution is 0.102. The Hall–Kier alpha value is -0.540. The van der Waals surface area contributed by atoms with E-state index in [9.17, 15) is 0 Å². The van der Waals surface area contributed by atoms with Crippen LogP contribution in [0.2, 0.25) is 0 Å². The van der Waals surface area contributed by atoms with Gasteiger partial charge in [-0.25, -0.2) is 0 Å². The van der Waals surface area contributed by atoms with Crippen molar-refractivity contribution >= 4 is 11.6 Å². The van der Waals surface area contributed by atoms with Crippen LogP contribution < -0.4 is 0 Å². The molecular weight excluding hydrogens is 258 g/mol. The Labute approximate surface area is 119 Å². The Morgan fingerprint density at radius 1 is 1.21 bits per heavy atom. The van der Waals surface area contributed by atoms with E-state index >= 15 is 0 Å². The molecule has 0 unspecified atom stereocenters. The fraction of sp³-hybridized carbons (Fsp3) is 0.800. The zero-order valence-corrected chi connectivity index (χ0v) is 12.1. The number of alkyl halides is 1. The van der Waals surface area contributed by atoms with Crippen LogP contribution in [0, 0.1) is 5.92 Å². The summed E-state index contributed by atoms with van der Waals surface area (Å²) in [5.74, 6) is 1.61. The van der Waals surface area contributed by atoms with Gasteiger partial charge < -0.3 is 0 Å². The molecule has 3 aliphatic rings. The third kappa shape index (κ3) is 2.11. The van der Waals surface area contributed by atoms with E-state index < -0.39 is 0 Å². The average Bonchev–Trinajstić information content (AvgIpc) is 3.35.